The van der Waals surface area contributed by atoms with E-state index in [-0.39, 0.29) is 0 Å². The van der Waals surface area contributed by atoms with Gasteiger partial charge in [-0.05, 0) is 44.6 Å². The summed E-state index contributed by atoms with van der Waals surface area (Å²) in [5.74, 6) is 2.29. The summed E-state index contributed by atoms with van der Waals surface area (Å²) in [6.07, 6.45) is 10.3. The third-order valence-electron chi connectivity index (χ3n) is 5.40. The zero-order valence-corrected chi connectivity index (χ0v) is 12.2. The third kappa shape index (κ3) is 3.31. The number of rotatable bonds is 3. The van der Waals surface area contributed by atoms with Gasteiger partial charge in [-0.2, -0.15) is 0 Å². The molecule has 0 aromatic carbocycles. The summed E-state index contributed by atoms with van der Waals surface area (Å²) in [4.78, 5) is 12.3. The van der Waals surface area contributed by atoms with Crippen LogP contribution in [0.1, 0.15) is 58.3 Å². The standard InChI is InChI=1S/C16H28N2O/c1-11-9-13(7-8-17-11)18-16(19)15-10-14(15)12-5-3-2-4-6-12/h11-15,17H,2-10H2,1H3,(H,18,19). The number of piperidine rings is 1. The number of carbonyl (C=O) groups excluding carboxylic acids is 1. The molecule has 0 aromatic rings. The molecular formula is C16H28N2O. The van der Waals surface area contributed by atoms with Gasteiger partial charge in [0.2, 0.25) is 5.91 Å². The second kappa shape index (κ2) is 5.82. The lowest BCUT2D eigenvalue weighted by Crippen LogP contribution is -2.47. The van der Waals surface area contributed by atoms with Crippen LogP contribution in [0.5, 0.6) is 0 Å². The van der Waals surface area contributed by atoms with Crippen molar-refractivity contribution in [2.24, 2.45) is 17.8 Å². The van der Waals surface area contributed by atoms with E-state index in [0.717, 1.165) is 37.6 Å². The Kier molecular flexibility index (Phi) is 4.11. The van der Waals surface area contributed by atoms with Gasteiger partial charge in [0, 0.05) is 18.0 Å². The highest BCUT2D eigenvalue weighted by Gasteiger charge is 2.47. The number of hydrogen-bond donors (Lipinski definition) is 2. The van der Waals surface area contributed by atoms with Crippen LogP contribution in [0.4, 0.5) is 0 Å². The topological polar surface area (TPSA) is 41.1 Å². The highest BCUT2D eigenvalue weighted by atomic mass is 16.2. The van der Waals surface area contributed by atoms with Gasteiger partial charge in [0.1, 0.15) is 0 Å². The fourth-order valence-corrected chi connectivity index (χ4v) is 4.17. The van der Waals surface area contributed by atoms with Gasteiger partial charge in [0.25, 0.3) is 0 Å². The Morgan fingerprint density at radius 1 is 1.11 bits per heavy atom. The molecule has 0 bridgehead atoms. The predicted octanol–water partition coefficient (Wildman–Crippen LogP) is 2.46. The molecule has 108 valence electrons. The smallest absolute Gasteiger partial charge is 0.223 e. The first-order valence-corrected chi connectivity index (χ1v) is 8.28. The molecule has 0 aromatic heterocycles. The fraction of sp³-hybridized carbons (Fsp3) is 0.938. The number of nitrogens with one attached hydrogen (secondary N) is 2. The highest BCUT2D eigenvalue weighted by Crippen LogP contribution is 2.49. The van der Waals surface area contributed by atoms with E-state index in [1.165, 1.54) is 32.1 Å². The van der Waals surface area contributed by atoms with Gasteiger partial charge in [0.05, 0.1) is 0 Å². The fourth-order valence-electron chi connectivity index (χ4n) is 4.17. The van der Waals surface area contributed by atoms with E-state index < -0.39 is 0 Å². The van der Waals surface area contributed by atoms with E-state index in [0.29, 0.717) is 23.9 Å². The van der Waals surface area contributed by atoms with Crippen molar-refractivity contribution >= 4 is 5.91 Å². The van der Waals surface area contributed by atoms with E-state index in [1.54, 1.807) is 0 Å². The molecule has 2 saturated carbocycles. The Bertz CT molecular complexity index is 325. The normalized spacial score (nSPS) is 39.8. The summed E-state index contributed by atoms with van der Waals surface area (Å²) < 4.78 is 0. The second-order valence-corrected chi connectivity index (χ2v) is 6.99. The monoisotopic (exact) mass is 264 g/mol. The minimum absolute atomic E-state index is 0.355. The van der Waals surface area contributed by atoms with Crippen molar-refractivity contribution in [2.75, 3.05) is 6.54 Å². The SMILES string of the molecule is CC1CC(NC(=O)C2CC2C2CCCCC2)CCN1. The average molecular weight is 264 g/mol. The maximum atomic E-state index is 12.3. The van der Waals surface area contributed by atoms with Crippen molar-refractivity contribution in [3.63, 3.8) is 0 Å². The molecule has 1 aliphatic heterocycles. The molecule has 3 heteroatoms. The van der Waals surface area contributed by atoms with Crippen LogP contribution in [0.3, 0.4) is 0 Å². The lowest BCUT2D eigenvalue weighted by Gasteiger charge is -2.29. The summed E-state index contributed by atoms with van der Waals surface area (Å²) in [6, 6.07) is 0.962. The quantitative estimate of drug-likeness (QED) is 0.822. The molecule has 0 radical (unpaired) electrons. The summed E-state index contributed by atoms with van der Waals surface area (Å²) in [6.45, 7) is 3.25. The van der Waals surface area contributed by atoms with E-state index in [2.05, 4.69) is 17.6 Å². The van der Waals surface area contributed by atoms with Crippen LogP contribution in [0.15, 0.2) is 0 Å². The second-order valence-electron chi connectivity index (χ2n) is 6.99. The molecule has 4 unspecified atom stereocenters. The first-order valence-electron chi connectivity index (χ1n) is 8.28. The minimum Gasteiger partial charge on any atom is -0.353 e. The predicted molar refractivity (Wildman–Crippen MR) is 76.8 cm³/mol. The highest BCUT2D eigenvalue weighted by molar-refractivity contribution is 5.81. The molecular weight excluding hydrogens is 236 g/mol. The van der Waals surface area contributed by atoms with Gasteiger partial charge in [-0.15, -0.1) is 0 Å². The summed E-state index contributed by atoms with van der Waals surface area (Å²) in [5, 5.41) is 6.74. The molecule has 1 saturated heterocycles. The molecule has 3 fully saturated rings. The van der Waals surface area contributed by atoms with Gasteiger partial charge < -0.3 is 10.6 Å². The molecule has 2 N–H and O–H groups in total. The third-order valence-corrected chi connectivity index (χ3v) is 5.40. The van der Waals surface area contributed by atoms with E-state index in [4.69, 9.17) is 0 Å². The molecule has 0 spiro atoms. The van der Waals surface area contributed by atoms with Crippen LogP contribution < -0.4 is 10.6 Å². The van der Waals surface area contributed by atoms with Crippen molar-refractivity contribution in [2.45, 2.75) is 70.4 Å². The van der Waals surface area contributed by atoms with Crippen molar-refractivity contribution in [1.82, 2.24) is 10.6 Å². The van der Waals surface area contributed by atoms with Crippen molar-refractivity contribution in [3.8, 4) is 0 Å². The van der Waals surface area contributed by atoms with Crippen LogP contribution in [-0.2, 0) is 4.79 Å². The van der Waals surface area contributed by atoms with Gasteiger partial charge in [-0.1, -0.05) is 32.1 Å². The van der Waals surface area contributed by atoms with Gasteiger partial charge in [-0.3, -0.25) is 4.79 Å². The van der Waals surface area contributed by atoms with E-state index >= 15 is 0 Å². The number of hydrogen-bond acceptors (Lipinski definition) is 2. The van der Waals surface area contributed by atoms with Crippen LogP contribution in [0, 0.1) is 17.8 Å². The molecule has 3 nitrogen and oxygen atoms in total. The first-order chi connectivity index (χ1) is 9.24. The zero-order chi connectivity index (χ0) is 13.2. The van der Waals surface area contributed by atoms with E-state index in [9.17, 15) is 4.79 Å². The minimum atomic E-state index is 0.355. The Morgan fingerprint density at radius 3 is 2.63 bits per heavy atom. The number of carbonyl (C=O) groups is 1. The average Bonchev–Trinajstić information content (AvgIpc) is 3.20. The molecule has 1 amide bonds. The molecule has 3 aliphatic rings. The molecule has 19 heavy (non-hydrogen) atoms. The summed E-state index contributed by atoms with van der Waals surface area (Å²) >= 11 is 0. The molecule has 2 aliphatic carbocycles. The van der Waals surface area contributed by atoms with Crippen LogP contribution in [0.25, 0.3) is 0 Å². The van der Waals surface area contributed by atoms with Crippen molar-refractivity contribution in [3.05, 3.63) is 0 Å². The van der Waals surface area contributed by atoms with Crippen LogP contribution >= 0.6 is 0 Å². The largest absolute Gasteiger partial charge is 0.353 e. The van der Waals surface area contributed by atoms with Crippen LogP contribution in [-0.4, -0.2) is 24.5 Å². The molecule has 3 rings (SSSR count). The maximum absolute atomic E-state index is 12.3. The lowest BCUT2D eigenvalue weighted by atomic mass is 9.85. The van der Waals surface area contributed by atoms with Gasteiger partial charge >= 0.3 is 0 Å². The molecule has 1 heterocycles. The zero-order valence-electron chi connectivity index (χ0n) is 12.2. The molecule has 4 atom stereocenters. The Hall–Kier alpha value is -0.570. The van der Waals surface area contributed by atoms with E-state index in [1.807, 2.05) is 0 Å². The maximum Gasteiger partial charge on any atom is 0.223 e. The van der Waals surface area contributed by atoms with Gasteiger partial charge in [-0.25, -0.2) is 0 Å². The Labute approximate surface area is 116 Å². The van der Waals surface area contributed by atoms with Gasteiger partial charge in [0.15, 0.2) is 0 Å². The number of amides is 1. The Morgan fingerprint density at radius 2 is 1.89 bits per heavy atom. The summed E-state index contributed by atoms with van der Waals surface area (Å²) in [7, 11) is 0. The lowest BCUT2D eigenvalue weighted by molar-refractivity contribution is -0.123. The Balaban J connectivity index is 1.44. The van der Waals surface area contributed by atoms with Crippen molar-refractivity contribution < 1.29 is 4.79 Å². The summed E-state index contributed by atoms with van der Waals surface area (Å²) in [5.41, 5.74) is 0. The first kappa shape index (κ1) is 13.4. The van der Waals surface area contributed by atoms with Crippen LogP contribution in [0.2, 0.25) is 0 Å². The van der Waals surface area contributed by atoms with Crippen molar-refractivity contribution in [1.29, 1.82) is 0 Å².